The molecule has 0 aliphatic heterocycles. The summed E-state index contributed by atoms with van der Waals surface area (Å²) in [6, 6.07) is 3.77. The van der Waals surface area contributed by atoms with Crippen molar-refractivity contribution in [3.8, 4) is 5.75 Å². The highest BCUT2D eigenvalue weighted by Crippen LogP contribution is 2.23. The Bertz CT molecular complexity index is 482. The van der Waals surface area contributed by atoms with Gasteiger partial charge in [0.2, 0.25) is 5.13 Å². The number of nitrogens with zero attached hydrogens (tertiary/aromatic N) is 2. The fraction of sp³-hybridized carbons (Fsp3) is 0.273. The lowest BCUT2D eigenvalue weighted by atomic mass is 10.1. The molecule has 0 bridgehead atoms. The molecule has 0 aliphatic carbocycles. The van der Waals surface area contributed by atoms with E-state index in [0.717, 1.165) is 16.3 Å². The lowest BCUT2D eigenvalue weighted by Gasteiger charge is -2.08. The standard InChI is InChI=1S/C11H13N3OS/c1-7-3-9(10(15)4-8(7)2)5-12-11-14-13-6-16-11/h3-4,6,15H,5H2,1-2H3,(H,12,14). The fourth-order valence-corrected chi connectivity index (χ4v) is 1.87. The number of hydrogen-bond donors (Lipinski definition) is 2. The molecule has 0 fully saturated rings. The minimum absolute atomic E-state index is 0.320. The van der Waals surface area contributed by atoms with Gasteiger partial charge in [-0.1, -0.05) is 17.4 Å². The van der Waals surface area contributed by atoms with Crippen LogP contribution in [0, 0.1) is 13.8 Å². The van der Waals surface area contributed by atoms with Crippen LogP contribution >= 0.6 is 11.3 Å². The number of rotatable bonds is 3. The highest BCUT2D eigenvalue weighted by molar-refractivity contribution is 7.13. The van der Waals surface area contributed by atoms with Gasteiger partial charge in [0, 0.05) is 12.1 Å². The molecule has 5 heteroatoms. The van der Waals surface area contributed by atoms with Crippen LogP contribution in [0.15, 0.2) is 17.6 Å². The van der Waals surface area contributed by atoms with Crippen LogP contribution in [0.1, 0.15) is 16.7 Å². The average Bonchev–Trinajstić information content (AvgIpc) is 2.74. The molecule has 4 nitrogen and oxygen atoms in total. The second kappa shape index (κ2) is 4.49. The summed E-state index contributed by atoms with van der Waals surface area (Å²) in [6.07, 6.45) is 0. The zero-order valence-corrected chi connectivity index (χ0v) is 10.0. The van der Waals surface area contributed by atoms with E-state index >= 15 is 0 Å². The van der Waals surface area contributed by atoms with Gasteiger partial charge in [0.05, 0.1) is 0 Å². The molecule has 1 aromatic heterocycles. The van der Waals surface area contributed by atoms with E-state index in [1.54, 1.807) is 11.6 Å². The third kappa shape index (κ3) is 2.30. The lowest BCUT2D eigenvalue weighted by molar-refractivity contribution is 0.468. The van der Waals surface area contributed by atoms with Crippen LogP contribution in [-0.4, -0.2) is 15.3 Å². The summed E-state index contributed by atoms with van der Waals surface area (Å²) in [4.78, 5) is 0. The van der Waals surface area contributed by atoms with Crippen LogP contribution in [0.4, 0.5) is 5.13 Å². The lowest BCUT2D eigenvalue weighted by Crippen LogP contribution is -2.00. The van der Waals surface area contributed by atoms with Crippen LogP contribution in [0.5, 0.6) is 5.75 Å². The summed E-state index contributed by atoms with van der Waals surface area (Å²) in [5.41, 5.74) is 4.81. The van der Waals surface area contributed by atoms with Gasteiger partial charge < -0.3 is 10.4 Å². The first-order valence-corrected chi connectivity index (χ1v) is 5.84. The minimum atomic E-state index is 0.320. The van der Waals surface area contributed by atoms with Crippen molar-refractivity contribution in [1.82, 2.24) is 10.2 Å². The smallest absolute Gasteiger partial charge is 0.205 e. The van der Waals surface area contributed by atoms with E-state index in [-0.39, 0.29) is 0 Å². The van der Waals surface area contributed by atoms with Crippen molar-refractivity contribution < 1.29 is 5.11 Å². The summed E-state index contributed by atoms with van der Waals surface area (Å²) >= 11 is 1.44. The van der Waals surface area contributed by atoms with Gasteiger partial charge in [-0.05, 0) is 31.0 Å². The predicted molar refractivity (Wildman–Crippen MR) is 64.8 cm³/mol. The third-order valence-electron chi connectivity index (χ3n) is 2.49. The first-order chi connectivity index (χ1) is 7.66. The Morgan fingerprint density at radius 1 is 1.31 bits per heavy atom. The number of hydrogen-bond acceptors (Lipinski definition) is 5. The number of nitrogens with one attached hydrogen (secondary N) is 1. The first kappa shape index (κ1) is 10.9. The Morgan fingerprint density at radius 3 is 2.75 bits per heavy atom. The fourth-order valence-electron chi connectivity index (χ4n) is 1.42. The van der Waals surface area contributed by atoms with E-state index in [1.165, 1.54) is 16.9 Å². The predicted octanol–water partition coefficient (Wildman–Crippen LogP) is 2.47. The second-order valence-corrected chi connectivity index (χ2v) is 4.50. The normalized spacial score (nSPS) is 10.4. The van der Waals surface area contributed by atoms with Crippen molar-refractivity contribution in [3.63, 3.8) is 0 Å². The van der Waals surface area contributed by atoms with Gasteiger partial charge in [0.25, 0.3) is 0 Å². The van der Waals surface area contributed by atoms with Gasteiger partial charge >= 0.3 is 0 Å². The molecule has 2 N–H and O–H groups in total. The first-order valence-electron chi connectivity index (χ1n) is 4.96. The molecule has 2 aromatic rings. The summed E-state index contributed by atoms with van der Waals surface area (Å²) in [5.74, 6) is 0.320. The van der Waals surface area contributed by atoms with Crippen LogP contribution in [0.3, 0.4) is 0 Å². The summed E-state index contributed by atoms with van der Waals surface area (Å²) in [6.45, 7) is 4.57. The topological polar surface area (TPSA) is 58.0 Å². The maximum Gasteiger partial charge on any atom is 0.205 e. The third-order valence-corrected chi connectivity index (χ3v) is 3.13. The van der Waals surface area contributed by atoms with Gasteiger partial charge in [-0.15, -0.1) is 10.2 Å². The van der Waals surface area contributed by atoms with E-state index < -0.39 is 0 Å². The molecule has 2 rings (SSSR count). The number of phenols is 1. The van der Waals surface area contributed by atoms with E-state index in [1.807, 2.05) is 19.9 Å². The molecular formula is C11H13N3OS. The summed E-state index contributed by atoms with van der Waals surface area (Å²) in [7, 11) is 0. The number of anilines is 1. The molecule has 1 aromatic carbocycles. The monoisotopic (exact) mass is 235 g/mol. The van der Waals surface area contributed by atoms with Gasteiger partial charge in [-0.3, -0.25) is 0 Å². The quantitative estimate of drug-likeness (QED) is 0.858. The van der Waals surface area contributed by atoms with E-state index in [9.17, 15) is 5.11 Å². The van der Waals surface area contributed by atoms with E-state index in [4.69, 9.17) is 0 Å². The Morgan fingerprint density at radius 2 is 2.06 bits per heavy atom. The van der Waals surface area contributed by atoms with Crippen molar-refractivity contribution in [2.75, 3.05) is 5.32 Å². The molecule has 0 saturated carbocycles. The number of phenolic OH excluding ortho intramolecular Hbond substituents is 1. The zero-order valence-electron chi connectivity index (χ0n) is 9.19. The van der Waals surface area contributed by atoms with Gasteiger partial charge in [0.15, 0.2) is 0 Å². The number of benzene rings is 1. The Balaban J connectivity index is 2.12. The highest BCUT2D eigenvalue weighted by atomic mass is 32.1. The molecule has 16 heavy (non-hydrogen) atoms. The maximum atomic E-state index is 9.77. The van der Waals surface area contributed by atoms with E-state index in [0.29, 0.717) is 12.3 Å². The SMILES string of the molecule is Cc1cc(O)c(CNc2nncs2)cc1C. The summed E-state index contributed by atoms with van der Waals surface area (Å²) in [5, 5.41) is 21.3. The maximum absolute atomic E-state index is 9.77. The Hall–Kier alpha value is -1.62. The van der Waals surface area contributed by atoms with Crippen molar-refractivity contribution in [3.05, 3.63) is 34.3 Å². The number of aryl methyl sites for hydroxylation is 2. The second-order valence-electron chi connectivity index (χ2n) is 3.66. The molecule has 0 amide bonds. The molecular weight excluding hydrogens is 222 g/mol. The molecule has 0 saturated heterocycles. The molecule has 84 valence electrons. The molecule has 0 unspecified atom stereocenters. The highest BCUT2D eigenvalue weighted by Gasteiger charge is 2.04. The molecule has 0 atom stereocenters. The number of aromatic nitrogens is 2. The van der Waals surface area contributed by atoms with Crippen molar-refractivity contribution in [2.24, 2.45) is 0 Å². The van der Waals surface area contributed by atoms with Crippen molar-refractivity contribution >= 4 is 16.5 Å². The van der Waals surface area contributed by atoms with Crippen LogP contribution in [0.2, 0.25) is 0 Å². The Labute approximate surface area is 98.0 Å². The minimum Gasteiger partial charge on any atom is -0.508 e. The molecule has 0 radical (unpaired) electrons. The zero-order chi connectivity index (χ0) is 11.5. The van der Waals surface area contributed by atoms with Gasteiger partial charge in [-0.2, -0.15) is 0 Å². The van der Waals surface area contributed by atoms with Crippen LogP contribution in [-0.2, 0) is 6.54 Å². The van der Waals surface area contributed by atoms with Crippen LogP contribution < -0.4 is 5.32 Å². The van der Waals surface area contributed by atoms with Crippen molar-refractivity contribution in [1.29, 1.82) is 0 Å². The summed E-state index contributed by atoms with van der Waals surface area (Å²) < 4.78 is 0. The van der Waals surface area contributed by atoms with Gasteiger partial charge in [-0.25, -0.2) is 0 Å². The Kier molecular flexibility index (Phi) is 3.05. The molecule has 0 spiro atoms. The molecule has 0 aliphatic rings. The number of aromatic hydroxyl groups is 1. The van der Waals surface area contributed by atoms with Crippen molar-refractivity contribution in [2.45, 2.75) is 20.4 Å². The molecule has 1 heterocycles. The van der Waals surface area contributed by atoms with E-state index in [2.05, 4.69) is 15.5 Å². The largest absolute Gasteiger partial charge is 0.508 e. The van der Waals surface area contributed by atoms with Crippen LogP contribution in [0.25, 0.3) is 0 Å². The van der Waals surface area contributed by atoms with Gasteiger partial charge in [0.1, 0.15) is 11.3 Å². The average molecular weight is 235 g/mol.